The highest BCUT2D eigenvalue weighted by Gasteiger charge is 2.52. The minimum Gasteiger partial charge on any atom is -0.461 e. The van der Waals surface area contributed by atoms with Crippen LogP contribution in [0.15, 0.2) is 0 Å². The molecule has 0 aromatic heterocycles. The Labute approximate surface area is 104 Å². The van der Waals surface area contributed by atoms with Gasteiger partial charge in [-0.25, -0.2) is 4.79 Å². The van der Waals surface area contributed by atoms with Crippen LogP contribution < -0.4 is 0 Å². The lowest BCUT2D eigenvalue weighted by atomic mass is 10.1. The van der Waals surface area contributed by atoms with Crippen molar-refractivity contribution >= 4 is 11.9 Å². The molecule has 0 saturated carbocycles. The van der Waals surface area contributed by atoms with Crippen LogP contribution in [0.5, 0.6) is 0 Å². The first-order valence-electron chi connectivity index (χ1n) is 5.69. The van der Waals surface area contributed by atoms with Gasteiger partial charge in [-0.15, -0.1) is 0 Å². The number of carbonyl (C=O) groups excluding carboxylic acids is 2. The van der Waals surface area contributed by atoms with Crippen molar-refractivity contribution in [1.29, 1.82) is 0 Å². The SMILES string of the molecule is CCOC(=O)C(F)(F)C(=O)N1CCOC(C)(C)C1. The molecule has 1 saturated heterocycles. The first kappa shape index (κ1) is 14.8. The first-order valence-corrected chi connectivity index (χ1v) is 5.69. The predicted octanol–water partition coefficient (Wildman–Crippen LogP) is 0.822. The maximum absolute atomic E-state index is 13.5. The van der Waals surface area contributed by atoms with Gasteiger partial charge in [-0.3, -0.25) is 4.79 Å². The number of hydrogen-bond donors (Lipinski definition) is 0. The molecule has 1 heterocycles. The number of nitrogens with zero attached hydrogens (tertiary/aromatic N) is 1. The van der Waals surface area contributed by atoms with E-state index in [-0.39, 0.29) is 26.3 Å². The molecule has 0 radical (unpaired) electrons. The Kier molecular flexibility index (Phi) is 4.26. The largest absolute Gasteiger partial charge is 0.461 e. The summed E-state index contributed by atoms with van der Waals surface area (Å²) in [5, 5.41) is 0. The molecule has 0 aromatic carbocycles. The molecule has 7 heteroatoms. The third-order valence-corrected chi connectivity index (χ3v) is 2.51. The van der Waals surface area contributed by atoms with Crippen LogP contribution in [0.1, 0.15) is 20.8 Å². The summed E-state index contributed by atoms with van der Waals surface area (Å²) in [5.41, 5.74) is -0.696. The summed E-state index contributed by atoms with van der Waals surface area (Å²) in [4.78, 5) is 23.6. The van der Waals surface area contributed by atoms with E-state index < -0.39 is 23.4 Å². The molecule has 0 aliphatic carbocycles. The molecule has 0 spiro atoms. The molecule has 5 nitrogen and oxygen atoms in total. The molecule has 1 rings (SSSR count). The van der Waals surface area contributed by atoms with Crippen LogP contribution in [0.2, 0.25) is 0 Å². The third-order valence-electron chi connectivity index (χ3n) is 2.51. The number of alkyl halides is 2. The Morgan fingerprint density at radius 1 is 1.44 bits per heavy atom. The molecule has 18 heavy (non-hydrogen) atoms. The maximum atomic E-state index is 13.5. The van der Waals surface area contributed by atoms with Gasteiger partial charge >= 0.3 is 17.8 Å². The zero-order valence-electron chi connectivity index (χ0n) is 10.7. The Balaban J connectivity index is 2.77. The van der Waals surface area contributed by atoms with Gasteiger partial charge in [0.15, 0.2) is 0 Å². The Bertz CT molecular complexity index is 344. The number of ether oxygens (including phenoxy) is 2. The number of morpholine rings is 1. The van der Waals surface area contributed by atoms with Crippen LogP contribution in [-0.2, 0) is 19.1 Å². The van der Waals surface area contributed by atoms with Gasteiger partial charge in [0, 0.05) is 13.1 Å². The van der Waals surface area contributed by atoms with Crippen LogP contribution in [-0.4, -0.2) is 54.6 Å². The van der Waals surface area contributed by atoms with Gasteiger partial charge in [0.1, 0.15) is 0 Å². The number of hydrogen-bond acceptors (Lipinski definition) is 4. The molecular formula is C11H17F2NO4. The highest BCUT2D eigenvalue weighted by atomic mass is 19.3. The Morgan fingerprint density at radius 2 is 2.06 bits per heavy atom. The van der Waals surface area contributed by atoms with Crippen LogP contribution in [0, 0.1) is 0 Å². The summed E-state index contributed by atoms with van der Waals surface area (Å²) >= 11 is 0. The molecule has 0 aromatic rings. The summed E-state index contributed by atoms with van der Waals surface area (Å²) in [6, 6.07) is 0. The minimum absolute atomic E-state index is 0.0147. The van der Waals surface area contributed by atoms with E-state index in [4.69, 9.17) is 4.74 Å². The van der Waals surface area contributed by atoms with Crippen LogP contribution in [0.25, 0.3) is 0 Å². The molecule has 0 unspecified atom stereocenters. The van der Waals surface area contributed by atoms with E-state index >= 15 is 0 Å². The highest BCUT2D eigenvalue weighted by Crippen LogP contribution is 2.24. The second-order valence-electron chi connectivity index (χ2n) is 4.63. The fourth-order valence-electron chi connectivity index (χ4n) is 1.70. The number of halogens is 2. The molecular weight excluding hydrogens is 248 g/mol. The van der Waals surface area contributed by atoms with Gasteiger partial charge in [-0.1, -0.05) is 0 Å². The summed E-state index contributed by atoms with van der Waals surface area (Å²) in [5.74, 6) is -7.47. The molecule has 1 aliphatic rings. The van der Waals surface area contributed by atoms with Crippen molar-refractivity contribution in [3.63, 3.8) is 0 Å². The molecule has 1 aliphatic heterocycles. The lowest BCUT2D eigenvalue weighted by Gasteiger charge is -2.38. The smallest absolute Gasteiger partial charge is 0.419 e. The van der Waals surface area contributed by atoms with Crippen molar-refractivity contribution in [2.75, 3.05) is 26.3 Å². The molecule has 1 fully saturated rings. The number of esters is 1. The maximum Gasteiger partial charge on any atom is 0.419 e. The van der Waals surface area contributed by atoms with Gasteiger partial charge in [-0.05, 0) is 20.8 Å². The van der Waals surface area contributed by atoms with E-state index in [0.29, 0.717) is 0 Å². The highest BCUT2D eigenvalue weighted by molar-refractivity contribution is 6.04. The Hall–Kier alpha value is -1.24. The molecule has 1 amide bonds. The molecule has 0 N–H and O–H groups in total. The van der Waals surface area contributed by atoms with E-state index in [1.807, 2.05) is 0 Å². The number of amides is 1. The zero-order valence-corrected chi connectivity index (χ0v) is 10.7. The first-order chi connectivity index (χ1) is 8.20. The van der Waals surface area contributed by atoms with Gasteiger partial charge < -0.3 is 14.4 Å². The lowest BCUT2D eigenvalue weighted by molar-refractivity contribution is -0.188. The van der Waals surface area contributed by atoms with Gasteiger partial charge in [0.05, 0.1) is 18.8 Å². The van der Waals surface area contributed by atoms with E-state index in [1.165, 1.54) is 6.92 Å². The van der Waals surface area contributed by atoms with Crippen LogP contribution in [0.3, 0.4) is 0 Å². The second kappa shape index (κ2) is 5.17. The van der Waals surface area contributed by atoms with Gasteiger partial charge in [0.2, 0.25) is 0 Å². The molecule has 104 valence electrons. The normalized spacial score (nSPS) is 19.5. The summed E-state index contributed by atoms with van der Waals surface area (Å²) in [6.07, 6.45) is 0. The molecule has 0 bridgehead atoms. The minimum atomic E-state index is -4.14. The summed E-state index contributed by atoms with van der Waals surface area (Å²) in [7, 11) is 0. The van der Waals surface area contributed by atoms with Crippen molar-refractivity contribution in [1.82, 2.24) is 4.90 Å². The van der Waals surface area contributed by atoms with E-state index in [1.54, 1.807) is 13.8 Å². The lowest BCUT2D eigenvalue weighted by Crippen LogP contribution is -2.57. The van der Waals surface area contributed by atoms with E-state index in [9.17, 15) is 18.4 Å². The van der Waals surface area contributed by atoms with Gasteiger partial charge in [0.25, 0.3) is 0 Å². The quantitative estimate of drug-likeness (QED) is 0.560. The standard InChI is InChI=1S/C11H17F2NO4/c1-4-17-9(16)11(12,13)8(15)14-5-6-18-10(2,3)7-14/h4-7H2,1-3H3. The van der Waals surface area contributed by atoms with Crippen LogP contribution >= 0.6 is 0 Å². The van der Waals surface area contributed by atoms with Crippen molar-refractivity contribution in [3.8, 4) is 0 Å². The van der Waals surface area contributed by atoms with Crippen molar-refractivity contribution in [2.45, 2.75) is 32.3 Å². The monoisotopic (exact) mass is 265 g/mol. The average molecular weight is 265 g/mol. The molecule has 0 atom stereocenters. The predicted molar refractivity (Wildman–Crippen MR) is 58.2 cm³/mol. The fraction of sp³-hybridized carbons (Fsp3) is 0.818. The Morgan fingerprint density at radius 3 is 2.56 bits per heavy atom. The third kappa shape index (κ3) is 3.16. The average Bonchev–Trinajstić information content (AvgIpc) is 2.26. The van der Waals surface area contributed by atoms with Crippen molar-refractivity contribution < 1.29 is 27.8 Å². The van der Waals surface area contributed by atoms with E-state index in [0.717, 1.165) is 4.90 Å². The number of carbonyl (C=O) groups is 2. The number of rotatable bonds is 3. The fourth-order valence-corrected chi connectivity index (χ4v) is 1.70. The topological polar surface area (TPSA) is 55.8 Å². The zero-order chi connectivity index (χ0) is 14.0. The van der Waals surface area contributed by atoms with Crippen molar-refractivity contribution in [2.24, 2.45) is 0 Å². The summed E-state index contributed by atoms with van der Waals surface area (Å²) < 4.78 is 36.6. The second-order valence-corrected chi connectivity index (χ2v) is 4.63. The van der Waals surface area contributed by atoms with Gasteiger partial charge in [-0.2, -0.15) is 8.78 Å². The summed E-state index contributed by atoms with van der Waals surface area (Å²) in [6.45, 7) is 4.80. The van der Waals surface area contributed by atoms with Crippen molar-refractivity contribution in [3.05, 3.63) is 0 Å². The van der Waals surface area contributed by atoms with Crippen LogP contribution in [0.4, 0.5) is 8.78 Å². The van der Waals surface area contributed by atoms with E-state index in [2.05, 4.69) is 4.74 Å².